The standard InChI is InChI=1S/C29H38ClN7O3/c30-22-17-21(6-7-24(22)36-11-8-20(9-12-36)3-2-10-35-13-15-40-16-14-35)33-29-32-18-23-28(34-29)37(27(39)19-31-23)25-4-1-5-26(25)38/h6-7,17-20,25-26,38H,1-5,8-16H2,(H,32,33,34). The van der Waals surface area contributed by atoms with E-state index in [0.717, 1.165) is 69.5 Å². The summed E-state index contributed by atoms with van der Waals surface area (Å²) in [4.78, 5) is 30.8. The van der Waals surface area contributed by atoms with E-state index in [-0.39, 0.29) is 11.6 Å². The van der Waals surface area contributed by atoms with E-state index in [2.05, 4.69) is 36.1 Å². The number of hydrogen-bond acceptors (Lipinski definition) is 9. The summed E-state index contributed by atoms with van der Waals surface area (Å²) in [5.41, 5.74) is 2.49. The molecule has 2 saturated heterocycles. The van der Waals surface area contributed by atoms with E-state index in [1.807, 2.05) is 12.1 Å². The van der Waals surface area contributed by atoms with Crippen LogP contribution in [0.1, 0.15) is 51.0 Å². The van der Waals surface area contributed by atoms with Gasteiger partial charge in [0.25, 0.3) is 5.56 Å². The fraction of sp³-hybridized carbons (Fsp3) is 0.586. The molecule has 1 saturated carbocycles. The first kappa shape index (κ1) is 27.4. The third-order valence-electron chi connectivity index (χ3n) is 8.65. The van der Waals surface area contributed by atoms with Crippen molar-refractivity contribution in [3.63, 3.8) is 0 Å². The Morgan fingerprint density at radius 3 is 2.62 bits per heavy atom. The van der Waals surface area contributed by atoms with Crippen LogP contribution in [0.5, 0.6) is 0 Å². The Morgan fingerprint density at radius 1 is 1.05 bits per heavy atom. The second kappa shape index (κ2) is 12.4. The molecule has 3 fully saturated rings. The Balaban J connectivity index is 1.08. The molecule has 0 amide bonds. The number of rotatable bonds is 8. The van der Waals surface area contributed by atoms with Crippen molar-refractivity contribution in [1.82, 2.24) is 24.4 Å². The van der Waals surface area contributed by atoms with Gasteiger partial charge in [0.2, 0.25) is 5.95 Å². The first-order chi connectivity index (χ1) is 19.5. The number of nitrogens with zero attached hydrogens (tertiary/aromatic N) is 6. The van der Waals surface area contributed by atoms with Crippen molar-refractivity contribution in [1.29, 1.82) is 0 Å². The highest BCUT2D eigenvalue weighted by Gasteiger charge is 2.29. The molecule has 4 heterocycles. The van der Waals surface area contributed by atoms with E-state index < -0.39 is 6.10 Å². The minimum absolute atomic E-state index is 0.267. The number of benzene rings is 1. The molecule has 1 aromatic carbocycles. The molecule has 2 aliphatic heterocycles. The molecule has 2 unspecified atom stereocenters. The van der Waals surface area contributed by atoms with E-state index in [0.29, 0.717) is 28.6 Å². The number of piperidine rings is 1. The predicted molar refractivity (Wildman–Crippen MR) is 157 cm³/mol. The van der Waals surface area contributed by atoms with Gasteiger partial charge >= 0.3 is 0 Å². The number of aliphatic hydroxyl groups is 1. The molecule has 0 spiro atoms. The maximum absolute atomic E-state index is 12.7. The van der Waals surface area contributed by atoms with Gasteiger partial charge in [0.15, 0.2) is 5.65 Å². The van der Waals surface area contributed by atoms with Gasteiger partial charge in [0.1, 0.15) is 5.52 Å². The Morgan fingerprint density at radius 2 is 1.88 bits per heavy atom. The van der Waals surface area contributed by atoms with E-state index in [9.17, 15) is 9.90 Å². The molecule has 6 rings (SSSR count). The van der Waals surface area contributed by atoms with Gasteiger partial charge in [-0.15, -0.1) is 0 Å². The second-order valence-corrected chi connectivity index (χ2v) is 11.7. The van der Waals surface area contributed by atoms with Crippen LogP contribution in [0.15, 0.2) is 35.4 Å². The summed E-state index contributed by atoms with van der Waals surface area (Å²) in [6, 6.07) is 5.64. The molecule has 0 bridgehead atoms. The maximum atomic E-state index is 12.7. The lowest BCUT2D eigenvalue weighted by molar-refractivity contribution is 0.0365. The third-order valence-corrected chi connectivity index (χ3v) is 8.96. The number of anilines is 3. The molecular formula is C29H38ClN7O3. The van der Waals surface area contributed by atoms with Gasteiger partial charge < -0.3 is 20.1 Å². The zero-order chi connectivity index (χ0) is 27.5. The Labute approximate surface area is 239 Å². The average Bonchev–Trinajstić information content (AvgIpc) is 3.39. The number of nitrogens with one attached hydrogen (secondary N) is 1. The SMILES string of the molecule is O=c1cnc2cnc(Nc3ccc(N4CCC(CCCN5CCOCC5)CC4)c(Cl)c3)nc2n1C1CCCC1O. The molecule has 2 N–H and O–H groups in total. The van der Waals surface area contributed by atoms with Crippen LogP contribution >= 0.6 is 11.6 Å². The smallest absolute Gasteiger partial charge is 0.271 e. The zero-order valence-electron chi connectivity index (χ0n) is 22.8. The number of aromatic nitrogens is 4. The van der Waals surface area contributed by atoms with E-state index >= 15 is 0 Å². The molecular weight excluding hydrogens is 530 g/mol. The van der Waals surface area contributed by atoms with Crippen molar-refractivity contribution in [2.75, 3.05) is 56.2 Å². The third kappa shape index (κ3) is 6.10. The summed E-state index contributed by atoms with van der Waals surface area (Å²) in [7, 11) is 0. The lowest BCUT2D eigenvalue weighted by Crippen LogP contribution is -2.37. The molecule has 2 atom stereocenters. The average molecular weight is 568 g/mol. The molecule has 1 aliphatic carbocycles. The summed E-state index contributed by atoms with van der Waals surface area (Å²) < 4.78 is 7.02. The monoisotopic (exact) mass is 567 g/mol. The van der Waals surface area contributed by atoms with Crippen molar-refractivity contribution >= 4 is 40.1 Å². The van der Waals surface area contributed by atoms with Crippen LogP contribution in [-0.2, 0) is 4.74 Å². The lowest BCUT2D eigenvalue weighted by Gasteiger charge is -2.34. The molecule has 0 radical (unpaired) electrons. The number of halogens is 1. The number of hydrogen-bond donors (Lipinski definition) is 2. The van der Waals surface area contributed by atoms with Crippen molar-refractivity contribution < 1.29 is 9.84 Å². The van der Waals surface area contributed by atoms with Gasteiger partial charge in [-0.25, -0.2) is 9.97 Å². The Kier molecular flexibility index (Phi) is 8.48. The molecule has 3 aliphatic rings. The van der Waals surface area contributed by atoms with Crippen molar-refractivity contribution in [3.05, 3.63) is 46.0 Å². The first-order valence-electron chi connectivity index (χ1n) is 14.6. The van der Waals surface area contributed by atoms with Gasteiger partial charge in [0.05, 0.1) is 48.5 Å². The number of morpholine rings is 1. The molecule has 2 aromatic heterocycles. The Bertz CT molecular complexity index is 1370. The number of ether oxygens (including phenoxy) is 1. The zero-order valence-corrected chi connectivity index (χ0v) is 23.6. The van der Waals surface area contributed by atoms with Crippen molar-refractivity contribution in [3.8, 4) is 0 Å². The fourth-order valence-corrected chi connectivity index (χ4v) is 6.69. The molecule has 214 valence electrons. The normalized spacial score (nSPS) is 22.7. The minimum atomic E-state index is -0.568. The van der Waals surface area contributed by atoms with E-state index in [1.165, 1.54) is 38.4 Å². The van der Waals surface area contributed by atoms with E-state index in [4.69, 9.17) is 16.3 Å². The molecule has 40 heavy (non-hydrogen) atoms. The predicted octanol–water partition coefficient (Wildman–Crippen LogP) is 4.00. The van der Waals surface area contributed by atoms with Crippen molar-refractivity contribution in [2.24, 2.45) is 5.92 Å². The Hall–Kier alpha value is -2.79. The lowest BCUT2D eigenvalue weighted by atomic mass is 9.92. The second-order valence-electron chi connectivity index (χ2n) is 11.3. The molecule has 3 aromatic rings. The van der Waals surface area contributed by atoms with Gasteiger partial charge in [-0.05, 0) is 75.6 Å². The summed E-state index contributed by atoms with van der Waals surface area (Å²) in [5.74, 6) is 1.13. The quantitative estimate of drug-likeness (QED) is 0.417. The van der Waals surface area contributed by atoms with Gasteiger partial charge in [-0.1, -0.05) is 11.6 Å². The van der Waals surface area contributed by atoms with Crippen LogP contribution in [0.25, 0.3) is 11.2 Å². The van der Waals surface area contributed by atoms with Crippen LogP contribution in [0.3, 0.4) is 0 Å². The van der Waals surface area contributed by atoms with Crippen LogP contribution < -0.4 is 15.8 Å². The van der Waals surface area contributed by atoms with E-state index in [1.54, 1.807) is 10.8 Å². The molecule has 10 nitrogen and oxygen atoms in total. The topological polar surface area (TPSA) is 109 Å². The van der Waals surface area contributed by atoms with Gasteiger partial charge in [0, 0.05) is 31.9 Å². The maximum Gasteiger partial charge on any atom is 0.271 e. The number of fused-ring (bicyclic) bond motifs is 1. The summed E-state index contributed by atoms with van der Waals surface area (Å²) in [6.45, 7) is 7.08. The largest absolute Gasteiger partial charge is 0.391 e. The number of aliphatic hydroxyl groups excluding tert-OH is 1. The highest BCUT2D eigenvalue weighted by Crippen LogP contribution is 2.34. The van der Waals surface area contributed by atoms with Gasteiger partial charge in [-0.2, -0.15) is 4.98 Å². The summed E-state index contributed by atoms with van der Waals surface area (Å²) in [6.07, 6.45) is 9.51. The van der Waals surface area contributed by atoms with Crippen molar-refractivity contribution in [2.45, 2.75) is 57.1 Å². The van der Waals surface area contributed by atoms with Crippen LogP contribution in [-0.4, -0.2) is 81.6 Å². The highest BCUT2D eigenvalue weighted by atomic mass is 35.5. The van der Waals surface area contributed by atoms with Crippen LogP contribution in [0.4, 0.5) is 17.3 Å². The minimum Gasteiger partial charge on any atom is -0.391 e. The molecule has 11 heteroatoms. The van der Waals surface area contributed by atoms with Gasteiger partial charge in [-0.3, -0.25) is 14.3 Å². The van der Waals surface area contributed by atoms with Crippen LogP contribution in [0, 0.1) is 5.92 Å². The summed E-state index contributed by atoms with van der Waals surface area (Å²) in [5, 5.41) is 14.3. The highest BCUT2D eigenvalue weighted by molar-refractivity contribution is 6.33. The van der Waals surface area contributed by atoms with Crippen LogP contribution in [0.2, 0.25) is 5.02 Å². The first-order valence-corrected chi connectivity index (χ1v) is 15.0. The fourth-order valence-electron chi connectivity index (χ4n) is 6.39. The summed E-state index contributed by atoms with van der Waals surface area (Å²) >= 11 is 6.76.